The van der Waals surface area contributed by atoms with E-state index < -0.39 is 0 Å². The van der Waals surface area contributed by atoms with E-state index >= 15 is 0 Å². The fourth-order valence-electron chi connectivity index (χ4n) is 1.16. The van der Waals surface area contributed by atoms with Crippen molar-refractivity contribution in [3.05, 3.63) is 23.5 Å². The summed E-state index contributed by atoms with van der Waals surface area (Å²) in [5.74, 6) is 0. The predicted octanol–water partition coefficient (Wildman–Crippen LogP) is 1.94. The Morgan fingerprint density at radius 2 is 2.43 bits per heavy atom. The number of aromatic nitrogens is 3. The first-order valence-electron chi connectivity index (χ1n) is 4.51. The van der Waals surface area contributed by atoms with Crippen LogP contribution in [0.4, 0.5) is 0 Å². The van der Waals surface area contributed by atoms with Gasteiger partial charge in [-0.25, -0.2) is 4.98 Å². The first-order valence-corrected chi connectivity index (χ1v) is 5.33. The van der Waals surface area contributed by atoms with E-state index in [1.165, 1.54) is 0 Å². The first kappa shape index (κ1) is 9.36. The Morgan fingerprint density at radius 3 is 3.07 bits per heavy atom. The van der Waals surface area contributed by atoms with Crippen molar-refractivity contribution < 1.29 is 0 Å². The van der Waals surface area contributed by atoms with E-state index in [1.54, 1.807) is 17.5 Å². The number of nitrogens with two attached hydrogens (primary N) is 1. The molecular formula is C9H12N4S. The molecule has 0 bridgehead atoms. The number of aromatic amines is 1. The summed E-state index contributed by atoms with van der Waals surface area (Å²) in [7, 11) is 0. The smallest absolute Gasteiger partial charge is 0.126 e. The summed E-state index contributed by atoms with van der Waals surface area (Å²) in [4.78, 5) is 5.43. The number of nitrogens with one attached hydrogen (secondary N) is 1. The summed E-state index contributed by atoms with van der Waals surface area (Å²) in [6.45, 7) is 2.07. The Bertz CT molecular complexity index is 393. The molecule has 5 heteroatoms. The van der Waals surface area contributed by atoms with Crippen molar-refractivity contribution in [3.8, 4) is 10.6 Å². The lowest BCUT2D eigenvalue weighted by Gasteiger charge is -2.02. The van der Waals surface area contributed by atoms with Crippen LogP contribution >= 0.6 is 11.3 Å². The van der Waals surface area contributed by atoms with Crippen LogP contribution in [0.1, 0.15) is 24.3 Å². The average Bonchev–Trinajstić information content (AvgIpc) is 2.86. The van der Waals surface area contributed by atoms with Gasteiger partial charge in [0, 0.05) is 28.9 Å². The number of thiazole rings is 1. The molecule has 0 aliphatic rings. The summed E-state index contributed by atoms with van der Waals surface area (Å²) in [6.07, 6.45) is 6.38. The van der Waals surface area contributed by atoms with E-state index in [1.807, 2.05) is 12.4 Å². The van der Waals surface area contributed by atoms with Crippen molar-refractivity contribution in [2.75, 3.05) is 0 Å². The highest BCUT2D eigenvalue weighted by Crippen LogP contribution is 2.27. The highest BCUT2D eigenvalue weighted by atomic mass is 32.1. The molecule has 2 aromatic rings. The Kier molecular flexibility index (Phi) is 2.60. The van der Waals surface area contributed by atoms with Crippen molar-refractivity contribution in [3.63, 3.8) is 0 Å². The molecule has 0 saturated heterocycles. The molecule has 0 fully saturated rings. The Morgan fingerprint density at radius 1 is 1.57 bits per heavy atom. The van der Waals surface area contributed by atoms with Crippen LogP contribution < -0.4 is 5.73 Å². The van der Waals surface area contributed by atoms with E-state index in [0.29, 0.717) is 0 Å². The lowest BCUT2D eigenvalue weighted by Crippen LogP contribution is -2.05. The predicted molar refractivity (Wildman–Crippen MR) is 56.9 cm³/mol. The van der Waals surface area contributed by atoms with Crippen molar-refractivity contribution >= 4 is 11.3 Å². The third kappa shape index (κ3) is 1.69. The van der Waals surface area contributed by atoms with E-state index in [0.717, 1.165) is 21.9 Å². The van der Waals surface area contributed by atoms with Crippen molar-refractivity contribution in [1.29, 1.82) is 0 Å². The topological polar surface area (TPSA) is 67.6 Å². The standard InChI is InChI=1S/C9H12N4S/c1-2-7(10)8-5-11-9(14-8)6-3-12-13-4-6/h3-5,7H,2,10H2,1H3,(H,12,13). The van der Waals surface area contributed by atoms with Crippen LogP contribution in [0.5, 0.6) is 0 Å². The maximum Gasteiger partial charge on any atom is 0.126 e. The van der Waals surface area contributed by atoms with Gasteiger partial charge in [0.1, 0.15) is 5.01 Å². The zero-order valence-electron chi connectivity index (χ0n) is 7.90. The monoisotopic (exact) mass is 208 g/mol. The van der Waals surface area contributed by atoms with Crippen LogP contribution in [0.3, 0.4) is 0 Å². The molecule has 0 aromatic carbocycles. The molecule has 14 heavy (non-hydrogen) atoms. The third-order valence-electron chi connectivity index (χ3n) is 2.07. The minimum atomic E-state index is 0.105. The lowest BCUT2D eigenvalue weighted by atomic mass is 10.2. The fraction of sp³-hybridized carbons (Fsp3) is 0.333. The molecule has 0 spiro atoms. The van der Waals surface area contributed by atoms with Crippen LogP contribution in [0.25, 0.3) is 10.6 Å². The van der Waals surface area contributed by atoms with Gasteiger partial charge >= 0.3 is 0 Å². The molecule has 0 aliphatic carbocycles. The molecule has 4 nitrogen and oxygen atoms in total. The number of hydrogen-bond acceptors (Lipinski definition) is 4. The zero-order valence-corrected chi connectivity index (χ0v) is 8.71. The van der Waals surface area contributed by atoms with E-state index in [4.69, 9.17) is 5.73 Å². The van der Waals surface area contributed by atoms with Crippen LogP contribution in [0, 0.1) is 0 Å². The molecular weight excluding hydrogens is 196 g/mol. The molecule has 0 radical (unpaired) electrons. The summed E-state index contributed by atoms with van der Waals surface area (Å²) in [6, 6.07) is 0.105. The van der Waals surface area contributed by atoms with E-state index in [-0.39, 0.29) is 6.04 Å². The van der Waals surface area contributed by atoms with Gasteiger partial charge in [0.05, 0.1) is 6.20 Å². The molecule has 0 saturated carbocycles. The molecule has 2 rings (SSSR count). The van der Waals surface area contributed by atoms with Crippen molar-refractivity contribution in [1.82, 2.24) is 15.2 Å². The summed E-state index contributed by atoms with van der Waals surface area (Å²) in [5, 5.41) is 7.62. The van der Waals surface area contributed by atoms with Crippen LogP contribution in [0.2, 0.25) is 0 Å². The van der Waals surface area contributed by atoms with Gasteiger partial charge in [0.2, 0.25) is 0 Å². The van der Waals surface area contributed by atoms with Crippen molar-refractivity contribution in [2.24, 2.45) is 5.73 Å². The van der Waals surface area contributed by atoms with Gasteiger partial charge in [-0.1, -0.05) is 6.92 Å². The van der Waals surface area contributed by atoms with E-state index in [2.05, 4.69) is 22.1 Å². The largest absolute Gasteiger partial charge is 0.323 e. The second kappa shape index (κ2) is 3.89. The van der Waals surface area contributed by atoms with Crippen molar-refractivity contribution in [2.45, 2.75) is 19.4 Å². The first-order chi connectivity index (χ1) is 6.81. The summed E-state index contributed by atoms with van der Waals surface area (Å²) < 4.78 is 0. The minimum Gasteiger partial charge on any atom is -0.323 e. The SMILES string of the molecule is CCC(N)c1cnc(-c2cn[nH]c2)s1. The van der Waals surface area contributed by atoms with Gasteiger partial charge < -0.3 is 5.73 Å². The highest BCUT2D eigenvalue weighted by Gasteiger charge is 2.09. The second-order valence-corrected chi connectivity index (χ2v) is 4.13. The molecule has 0 aliphatic heterocycles. The zero-order chi connectivity index (χ0) is 9.97. The lowest BCUT2D eigenvalue weighted by molar-refractivity contribution is 0.710. The second-order valence-electron chi connectivity index (χ2n) is 3.07. The molecule has 74 valence electrons. The maximum atomic E-state index is 5.91. The number of hydrogen-bond donors (Lipinski definition) is 2. The number of rotatable bonds is 3. The quantitative estimate of drug-likeness (QED) is 0.810. The van der Waals surface area contributed by atoms with Gasteiger partial charge in [-0.05, 0) is 6.42 Å². The Labute approximate surface area is 86.2 Å². The van der Waals surface area contributed by atoms with Crippen LogP contribution in [-0.4, -0.2) is 15.2 Å². The summed E-state index contributed by atoms with van der Waals surface area (Å²) in [5.41, 5.74) is 6.93. The minimum absolute atomic E-state index is 0.105. The molecule has 1 unspecified atom stereocenters. The average molecular weight is 208 g/mol. The Balaban J connectivity index is 2.26. The summed E-state index contributed by atoms with van der Waals surface area (Å²) >= 11 is 1.63. The van der Waals surface area contributed by atoms with Gasteiger partial charge in [0.25, 0.3) is 0 Å². The van der Waals surface area contributed by atoms with Gasteiger partial charge in [-0.15, -0.1) is 11.3 Å². The molecule has 3 N–H and O–H groups in total. The van der Waals surface area contributed by atoms with Gasteiger partial charge in [0.15, 0.2) is 0 Å². The van der Waals surface area contributed by atoms with Gasteiger partial charge in [-0.3, -0.25) is 5.10 Å². The molecule has 2 heterocycles. The van der Waals surface area contributed by atoms with Crippen LogP contribution in [-0.2, 0) is 0 Å². The molecule has 1 atom stereocenters. The van der Waals surface area contributed by atoms with Gasteiger partial charge in [-0.2, -0.15) is 5.10 Å². The highest BCUT2D eigenvalue weighted by molar-refractivity contribution is 7.15. The van der Waals surface area contributed by atoms with E-state index in [9.17, 15) is 0 Å². The molecule has 0 amide bonds. The molecule has 2 aromatic heterocycles. The third-order valence-corrected chi connectivity index (χ3v) is 3.25. The fourth-order valence-corrected chi connectivity index (χ4v) is 2.14. The Hall–Kier alpha value is -1.20. The van der Waals surface area contributed by atoms with Crippen LogP contribution in [0.15, 0.2) is 18.6 Å². The maximum absolute atomic E-state index is 5.91. The normalized spacial score (nSPS) is 13.0. The number of nitrogens with zero attached hydrogens (tertiary/aromatic N) is 2. The number of H-pyrrole nitrogens is 1.